The molecule has 2 N–H and O–H groups in total. The average molecular weight is 269 g/mol. The Kier molecular flexibility index (Phi) is 4.71. The van der Waals surface area contributed by atoms with E-state index in [2.05, 4.69) is 15.6 Å². The number of aromatic nitrogens is 1. The van der Waals surface area contributed by atoms with Crippen LogP contribution >= 0.6 is 0 Å². The van der Waals surface area contributed by atoms with Crippen LogP contribution in [0.15, 0.2) is 42.7 Å². The first-order valence-electron chi connectivity index (χ1n) is 6.72. The molecular formula is C16H19N3O. The standard InChI is InChI=1S/C16H19N3O/c1-3-18-15-8-9-17-11-14(15)16(20)19-10-13-6-4-12(2)5-7-13/h4-9,11H,3,10H2,1-2H3,(H,17,18)(H,19,20). The summed E-state index contributed by atoms with van der Waals surface area (Å²) in [6, 6.07) is 9.92. The number of aryl methyl sites for hydroxylation is 1. The van der Waals surface area contributed by atoms with E-state index in [1.165, 1.54) is 5.56 Å². The molecule has 0 saturated carbocycles. The second-order valence-corrected chi connectivity index (χ2v) is 4.62. The number of nitrogens with zero attached hydrogens (tertiary/aromatic N) is 1. The van der Waals surface area contributed by atoms with E-state index in [1.54, 1.807) is 12.4 Å². The van der Waals surface area contributed by atoms with Crippen molar-refractivity contribution in [2.75, 3.05) is 11.9 Å². The molecule has 0 atom stereocenters. The summed E-state index contributed by atoms with van der Waals surface area (Å²) < 4.78 is 0. The zero-order valence-electron chi connectivity index (χ0n) is 11.8. The topological polar surface area (TPSA) is 54.0 Å². The normalized spacial score (nSPS) is 10.1. The molecule has 2 rings (SSSR count). The van der Waals surface area contributed by atoms with Crippen molar-refractivity contribution in [3.05, 3.63) is 59.4 Å². The third kappa shape index (κ3) is 3.57. The molecule has 0 unspecified atom stereocenters. The molecule has 104 valence electrons. The zero-order chi connectivity index (χ0) is 14.4. The Hall–Kier alpha value is -2.36. The fourth-order valence-corrected chi connectivity index (χ4v) is 1.90. The summed E-state index contributed by atoms with van der Waals surface area (Å²) in [6.45, 7) is 5.32. The van der Waals surface area contributed by atoms with Gasteiger partial charge in [0.25, 0.3) is 5.91 Å². The van der Waals surface area contributed by atoms with Crippen molar-refractivity contribution in [1.82, 2.24) is 10.3 Å². The fourth-order valence-electron chi connectivity index (χ4n) is 1.90. The molecule has 0 aliphatic heterocycles. The Morgan fingerprint density at radius 1 is 1.20 bits per heavy atom. The molecule has 2 aromatic rings. The minimum atomic E-state index is -0.116. The first-order chi connectivity index (χ1) is 9.70. The predicted octanol–water partition coefficient (Wildman–Crippen LogP) is 2.75. The smallest absolute Gasteiger partial charge is 0.255 e. The molecule has 0 bridgehead atoms. The molecule has 1 aromatic heterocycles. The second kappa shape index (κ2) is 6.70. The molecule has 1 aromatic carbocycles. The number of carbonyl (C=O) groups is 1. The van der Waals surface area contributed by atoms with Gasteiger partial charge in [-0.1, -0.05) is 29.8 Å². The van der Waals surface area contributed by atoms with Crippen LogP contribution in [0.4, 0.5) is 5.69 Å². The monoisotopic (exact) mass is 269 g/mol. The van der Waals surface area contributed by atoms with Crippen molar-refractivity contribution in [2.24, 2.45) is 0 Å². The molecule has 4 nitrogen and oxygen atoms in total. The van der Waals surface area contributed by atoms with E-state index in [0.29, 0.717) is 12.1 Å². The highest BCUT2D eigenvalue weighted by atomic mass is 16.1. The Morgan fingerprint density at radius 2 is 1.95 bits per heavy atom. The molecule has 4 heteroatoms. The lowest BCUT2D eigenvalue weighted by Crippen LogP contribution is -2.24. The van der Waals surface area contributed by atoms with E-state index < -0.39 is 0 Å². The summed E-state index contributed by atoms with van der Waals surface area (Å²) in [5.74, 6) is -0.116. The zero-order valence-corrected chi connectivity index (χ0v) is 11.8. The SMILES string of the molecule is CCNc1ccncc1C(=O)NCc1ccc(C)cc1. The maximum absolute atomic E-state index is 12.2. The van der Waals surface area contributed by atoms with E-state index >= 15 is 0 Å². The lowest BCUT2D eigenvalue weighted by molar-refractivity contribution is 0.0951. The third-order valence-corrected chi connectivity index (χ3v) is 3.01. The van der Waals surface area contributed by atoms with Crippen LogP contribution in [0.3, 0.4) is 0 Å². The number of rotatable bonds is 5. The molecule has 0 saturated heterocycles. The van der Waals surface area contributed by atoms with Crippen LogP contribution in [-0.2, 0) is 6.54 Å². The van der Waals surface area contributed by atoms with E-state index in [0.717, 1.165) is 17.8 Å². The lowest BCUT2D eigenvalue weighted by Gasteiger charge is -2.10. The lowest BCUT2D eigenvalue weighted by atomic mass is 10.1. The van der Waals surface area contributed by atoms with Gasteiger partial charge in [-0.15, -0.1) is 0 Å². The Bertz CT molecular complexity index is 579. The molecule has 0 radical (unpaired) electrons. The van der Waals surface area contributed by atoms with Crippen LogP contribution in [0.5, 0.6) is 0 Å². The van der Waals surface area contributed by atoms with Crippen LogP contribution in [0, 0.1) is 6.92 Å². The summed E-state index contributed by atoms with van der Waals surface area (Å²) in [4.78, 5) is 16.2. The highest BCUT2D eigenvalue weighted by Gasteiger charge is 2.10. The van der Waals surface area contributed by atoms with E-state index in [4.69, 9.17) is 0 Å². The van der Waals surface area contributed by atoms with Crippen molar-refractivity contribution in [3.63, 3.8) is 0 Å². The number of pyridine rings is 1. The summed E-state index contributed by atoms with van der Waals surface area (Å²) >= 11 is 0. The first-order valence-corrected chi connectivity index (χ1v) is 6.72. The predicted molar refractivity (Wildman–Crippen MR) is 80.7 cm³/mol. The maximum Gasteiger partial charge on any atom is 0.255 e. The van der Waals surface area contributed by atoms with Gasteiger partial charge in [-0.2, -0.15) is 0 Å². The van der Waals surface area contributed by atoms with Gasteiger partial charge in [0.05, 0.1) is 11.3 Å². The molecule has 20 heavy (non-hydrogen) atoms. The Balaban J connectivity index is 2.03. The quantitative estimate of drug-likeness (QED) is 0.877. The second-order valence-electron chi connectivity index (χ2n) is 4.62. The van der Waals surface area contributed by atoms with E-state index in [9.17, 15) is 4.79 Å². The molecule has 0 aliphatic carbocycles. The van der Waals surface area contributed by atoms with Crippen molar-refractivity contribution < 1.29 is 4.79 Å². The van der Waals surface area contributed by atoms with Crippen LogP contribution < -0.4 is 10.6 Å². The van der Waals surface area contributed by atoms with Gasteiger partial charge in [-0.25, -0.2) is 0 Å². The van der Waals surface area contributed by atoms with Gasteiger partial charge in [0, 0.05) is 25.5 Å². The Labute approximate surface area is 119 Å². The summed E-state index contributed by atoms with van der Waals surface area (Å²) in [6.07, 6.45) is 3.26. The van der Waals surface area contributed by atoms with Gasteiger partial charge in [0.1, 0.15) is 0 Å². The molecule has 1 heterocycles. The molecule has 1 amide bonds. The average Bonchev–Trinajstić information content (AvgIpc) is 2.47. The van der Waals surface area contributed by atoms with Crippen molar-refractivity contribution in [2.45, 2.75) is 20.4 Å². The number of anilines is 1. The first kappa shape index (κ1) is 14.1. The minimum absolute atomic E-state index is 0.116. The van der Waals surface area contributed by atoms with E-state index in [1.807, 2.05) is 44.2 Å². The highest BCUT2D eigenvalue weighted by molar-refractivity contribution is 5.99. The largest absolute Gasteiger partial charge is 0.385 e. The molecule has 0 fully saturated rings. The third-order valence-electron chi connectivity index (χ3n) is 3.01. The number of benzene rings is 1. The van der Waals surface area contributed by atoms with Gasteiger partial charge < -0.3 is 10.6 Å². The van der Waals surface area contributed by atoms with Crippen molar-refractivity contribution in [3.8, 4) is 0 Å². The van der Waals surface area contributed by atoms with E-state index in [-0.39, 0.29) is 5.91 Å². The molecular weight excluding hydrogens is 250 g/mol. The molecule has 0 spiro atoms. The minimum Gasteiger partial charge on any atom is -0.385 e. The fraction of sp³-hybridized carbons (Fsp3) is 0.250. The Morgan fingerprint density at radius 3 is 2.65 bits per heavy atom. The maximum atomic E-state index is 12.2. The van der Waals surface area contributed by atoms with Gasteiger partial charge in [-0.3, -0.25) is 9.78 Å². The number of nitrogens with one attached hydrogen (secondary N) is 2. The van der Waals surface area contributed by atoms with Crippen LogP contribution in [0.25, 0.3) is 0 Å². The van der Waals surface area contributed by atoms with Crippen molar-refractivity contribution in [1.29, 1.82) is 0 Å². The molecule has 0 aliphatic rings. The van der Waals surface area contributed by atoms with Gasteiger partial charge in [0.2, 0.25) is 0 Å². The van der Waals surface area contributed by atoms with Gasteiger partial charge in [-0.05, 0) is 25.5 Å². The number of hydrogen-bond acceptors (Lipinski definition) is 3. The summed E-state index contributed by atoms with van der Waals surface area (Å²) in [5, 5.41) is 6.08. The number of hydrogen-bond donors (Lipinski definition) is 2. The van der Waals surface area contributed by atoms with Gasteiger partial charge >= 0.3 is 0 Å². The van der Waals surface area contributed by atoms with Gasteiger partial charge in [0.15, 0.2) is 0 Å². The van der Waals surface area contributed by atoms with Crippen LogP contribution in [0.2, 0.25) is 0 Å². The van der Waals surface area contributed by atoms with Crippen molar-refractivity contribution >= 4 is 11.6 Å². The van der Waals surface area contributed by atoms with Crippen LogP contribution in [-0.4, -0.2) is 17.4 Å². The summed E-state index contributed by atoms with van der Waals surface area (Å²) in [5.41, 5.74) is 3.67. The number of carbonyl (C=O) groups excluding carboxylic acids is 1. The van der Waals surface area contributed by atoms with Crippen LogP contribution in [0.1, 0.15) is 28.4 Å². The highest BCUT2D eigenvalue weighted by Crippen LogP contribution is 2.13. The number of amides is 1. The summed E-state index contributed by atoms with van der Waals surface area (Å²) in [7, 11) is 0.